The molecule has 17 nitrogen and oxygen atoms in total. The Morgan fingerprint density at radius 2 is 0.500 bits per heavy atom. The zero-order chi connectivity index (χ0) is 71.8. The van der Waals surface area contributed by atoms with E-state index in [0.717, 1.165) is 173 Å². The SMILES string of the molecule is CCCCC/C=C\C/C=C\CCCCCCCC(=O)OC[C@H](COP(=O)(O)OC[C@@H](O)COP(=O)(O)OC[C@@H](COC(=O)CCCCCCC/C=C\CCCCCCCC)OC(=O)CCCCCCC/C=C\CCCCCC)OC(=O)CCCCCCCCC/C=C\CCCCCC. The van der Waals surface area contributed by atoms with Crippen molar-refractivity contribution in [3.8, 4) is 0 Å². The van der Waals surface area contributed by atoms with Gasteiger partial charge in [0.1, 0.15) is 19.3 Å². The molecule has 0 aliphatic carbocycles. The van der Waals surface area contributed by atoms with Gasteiger partial charge in [-0.3, -0.25) is 37.3 Å². The third-order valence-electron chi connectivity index (χ3n) is 16.9. The molecule has 3 N–H and O–H groups in total. The van der Waals surface area contributed by atoms with E-state index in [2.05, 4.69) is 88.5 Å². The molecule has 19 heteroatoms. The van der Waals surface area contributed by atoms with Crippen molar-refractivity contribution in [3.63, 3.8) is 0 Å². The van der Waals surface area contributed by atoms with E-state index in [0.29, 0.717) is 25.7 Å². The van der Waals surface area contributed by atoms with Crippen LogP contribution in [-0.4, -0.2) is 96.7 Å². The summed E-state index contributed by atoms with van der Waals surface area (Å²) >= 11 is 0. The van der Waals surface area contributed by atoms with Crippen molar-refractivity contribution in [1.29, 1.82) is 0 Å². The molecule has 0 amide bonds. The van der Waals surface area contributed by atoms with Crippen molar-refractivity contribution in [2.24, 2.45) is 0 Å². The predicted molar refractivity (Wildman–Crippen MR) is 400 cm³/mol. The van der Waals surface area contributed by atoms with Crippen molar-refractivity contribution in [2.75, 3.05) is 39.6 Å². The van der Waals surface area contributed by atoms with Gasteiger partial charge in [0.2, 0.25) is 0 Å². The highest BCUT2D eigenvalue weighted by Crippen LogP contribution is 2.45. The van der Waals surface area contributed by atoms with Gasteiger partial charge < -0.3 is 33.8 Å². The van der Waals surface area contributed by atoms with Gasteiger partial charge in [0.15, 0.2) is 12.2 Å². The van der Waals surface area contributed by atoms with Crippen molar-refractivity contribution in [2.45, 2.75) is 380 Å². The molecule has 0 spiro atoms. The van der Waals surface area contributed by atoms with E-state index in [-0.39, 0.29) is 25.7 Å². The number of hydrogen-bond acceptors (Lipinski definition) is 15. The van der Waals surface area contributed by atoms with E-state index in [1.54, 1.807) is 0 Å². The van der Waals surface area contributed by atoms with Gasteiger partial charge in [-0.1, -0.05) is 262 Å². The first-order valence-electron chi connectivity index (χ1n) is 39.5. The number of aliphatic hydroxyl groups excluding tert-OH is 1. The molecule has 0 aromatic rings. The van der Waals surface area contributed by atoms with Crippen LogP contribution < -0.4 is 0 Å². The van der Waals surface area contributed by atoms with Gasteiger partial charge >= 0.3 is 39.5 Å². The minimum absolute atomic E-state index is 0.0870. The Kier molecular flexibility index (Phi) is 69.7. The Morgan fingerprint density at radius 1 is 0.286 bits per heavy atom. The number of allylic oxidation sites excluding steroid dienone is 10. The normalized spacial score (nSPS) is 14.2. The second-order valence-electron chi connectivity index (χ2n) is 26.6. The standard InChI is InChI=1S/C79H144O17P2/c1-5-9-13-17-21-25-29-33-36-40-43-47-51-55-59-63-76(81)89-69-74(95-78(83)65-61-57-53-49-45-39-32-28-24-20-16-12-8-4)71-93-97(85,86)91-67-73(80)68-92-98(87,88)94-72-75(96-79(84)66-62-58-54-50-46-42-38-35-31-27-23-19-15-11-7-3)70-90-77(82)64-60-56-52-48-44-41-37-34-30-26-22-18-14-10-6-2/h22,26-28,31-34,36-37,73-75,80H,5-21,23-25,29-30,35,38-72H2,1-4H3,(H,85,86)(H,87,88)/b26-22-,31-27-,32-28-,36-33-,37-34-/t73-,74+,75+/m0/s1. The molecular formula is C79H144O17P2. The van der Waals surface area contributed by atoms with Gasteiger partial charge in [-0.2, -0.15) is 0 Å². The van der Waals surface area contributed by atoms with Crippen LogP contribution in [0.25, 0.3) is 0 Å². The van der Waals surface area contributed by atoms with Crippen LogP contribution in [0.15, 0.2) is 60.8 Å². The molecule has 0 radical (unpaired) electrons. The molecule has 0 heterocycles. The average molecular weight is 1430 g/mol. The highest BCUT2D eigenvalue weighted by Gasteiger charge is 2.30. The van der Waals surface area contributed by atoms with Gasteiger partial charge in [0, 0.05) is 25.7 Å². The third kappa shape index (κ3) is 71.2. The smallest absolute Gasteiger partial charge is 0.462 e. The fourth-order valence-corrected chi connectivity index (χ4v) is 12.4. The van der Waals surface area contributed by atoms with Gasteiger partial charge in [-0.05, 0) is 135 Å². The Morgan fingerprint density at radius 3 is 0.796 bits per heavy atom. The Balaban J connectivity index is 5.34. The lowest BCUT2D eigenvalue weighted by molar-refractivity contribution is -0.161. The molecule has 0 saturated heterocycles. The van der Waals surface area contributed by atoms with Crippen molar-refractivity contribution in [1.82, 2.24) is 0 Å². The number of unbranched alkanes of at least 4 members (excludes halogenated alkanes) is 39. The van der Waals surface area contributed by atoms with Gasteiger partial charge in [-0.15, -0.1) is 0 Å². The van der Waals surface area contributed by atoms with Crippen LogP contribution in [0.3, 0.4) is 0 Å². The van der Waals surface area contributed by atoms with Gasteiger partial charge in [-0.25, -0.2) is 9.13 Å². The largest absolute Gasteiger partial charge is 0.472 e. The van der Waals surface area contributed by atoms with Gasteiger partial charge in [0.25, 0.3) is 0 Å². The number of aliphatic hydroxyl groups is 1. The number of carbonyl (C=O) groups is 4. The van der Waals surface area contributed by atoms with E-state index >= 15 is 0 Å². The van der Waals surface area contributed by atoms with Crippen molar-refractivity contribution < 1.29 is 80.2 Å². The molecule has 572 valence electrons. The monoisotopic (exact) mass is 1430 g/mol. The first-order chi connectivity index (χ1) is 47.7. The average Bonchev–Trinajstić information content (AvgIpc) is 1.04. The summed E-state index contributed by atoms with van der Waals surface area (Å²) in [4.78, 5) is 72.9. The Bertz CT molecular complexity index is 2100. The number of esters is 4. The van der Waals surface area contributed by atoms with Crippen LogP contribution >= 0.6 is 15.6 Å². The minimum atomic E-state index is -4.97. The summed E-state index contributed by atoms with van der Waals surface area (Å²) in [5.74, 6) is -2.18. The lowest BCUT2D eigenvalue weighted by atomic mass is 10.1. The van der Waals surface area contributed by atoms with Crippen LogP contribution in [0.1, 0.15) is 362 Å². The molecule has 0 aromatic carbocycles. The quantitative estimate of drug-likeness (QED) is 0.0169. The summed E-state index contributed by atoms with van der Waals surface area (Å²) < 4.78 is 68.5. The summed E-state index contributed by atoms with van der Waals surface area (Å²) in [6.07, 6.45) is 70.5. The number of phosphoric ester groups is 2. The van der Waals surface area contributed by atoms with E-state index in [9.17, 15) is 43.2 Å². The summed E-state index contributed by atoms with van der Waals surface area (Å²) in [7, 11) is -9.94. The van der Waals surface area contributed by atoms with Crippen LogP contribution in [0.5, 0.6) is 0 Å². The molecule has 5 atom stereocenters. The lowest BCUT2D eigenvalue weighted by Crippen LogP contribution is -2.30. The van der Waals surface area contributed by atoms with Crippen molar-refractivity contribution >= 4 is 39.5 Å². The maximum atomic E-state index is 13.1. The second-order valence-corrected chi connectivity index (χ2v) is 29.5. The maximum Gasteiger partial charge on any atom is 0.472 e. The first-order valence-corrected chi connectivity index (χ1v) is 42.5. The first kappa shape index (κ1) is 94.8. The number of phosphoric acid groups is 2. The maximum absolute atomic E-state index is 13.1. The minimum Gasteiger partial charge on any atom is -0.462 e. The highest BCUT2D eigenvalue weighted by molar-refractivity contribution is 7.47. The van der Waals surface area contributed by atoms with Crippen LogP contribution in [0.2, 0.25) is 0 Å². The second kappa shape index (κ2) is 72.1. The van der Waals surface area contributed by atoms with Crippen molar-refractivity contribution in [3.05, 3.63) is 60.8 Å². The van der Waals surface area contributed by atoms with Gasteiger partial charge in [0.05, 0.1) is 26.4 Å². The zero-order valence-electron chi connectivity index (χ0n) is 62.5. The Hall–Kier alpha value is -3.24. The molecule has 0 fully saturated rings. The zero-order valence-corrected chi connectivity index (χ0v) is 64.3. The number of carbonyl (C=O) groups excluding carboxylic acids is 4. The Labute approximate surface area is 597 Å². The topological polar surface area (TPSA) is 237 Å². The molecule has 0 saturated carbocycles. The predicted octanol–water partition coefficient (Wildman–Crippen LogP) is 22.7. The van der Waals surface area contributed by atoms with Crippen LogP contribution in [-0.2, 0) is 65.4 Å². The fourth-order valence-electron chi connectivity index (χ4n) is 10.8. The lowest BCUT2D eigenvalue weighted by Gasteiger charge is -2.21. The fraction of sp³-hybridized carbons (Fsp3) is 0.823. The highest BCUT2D eigenvalue weighted by atomic mass is 31.2. The summed E-state index contributed by atoms with van der Waals surface area (Å²) in [5.41, 5.74) is 0. The van der Waals surface area contributed by atoms with E-state index in [1.165, 1.54) is 109 Å². The van der Waals surface area contributed by atoms with Crippen LogP contribution in [0.4, 0.5) is 0 Å². The molecule has 98 heavy (non-hydrogen) atoms. The number of ether oxygens (including phenoxy) is 4. The molecular weight excluding hydrogens is 1280 g/mol. The molecule has 0 rings (SSSR count). The number of rotatable bonds is 75. The molecule has 0 aromatic heterocycles. The van der Waals surface area contributed by atoms with E-state index < -0.39 is 97.5 Å². The van der Waals surface area contributed by atoms with E-state index in [1.807, 2.05) is 0 Å². The summed E-state index contributed by atoms with van der Waals surface area (Å²) in [6.45, 7) is 4.84. The molecule has 0 aliphatic heterocycles. The van der Waals surface area contributed by atoms with Crippen LogP contribution in [0, 0.1) is 0 Å². The summed E-state index contributed by atoms with van der Waals surface area (Å²) in [6, 6.07) is 0. The molecule has 0 aliphatic rings. The molecule has 2 unspecified atom stereocenters. The van der Waals surface area contributed by atoms with E-state index in [4.69, 9.17) is 37.0 Å². The summed E-state index contributed by atoms with van der Waals surface area (Å²) in [5, 5.41) is 10.6. The third-order valence-corrected chi connectivity index (χ3v) is 18.8. The number of hydrogen-bond donors (Lipinski definition) is 3. The molecule has 0 bridgehead atoms.